The average Bonchev–Trinajstić information content (AvgIpc) is 3.14. The predicted octanol–water partition coefficient (Wildman–Crippen LogP) is 3.93. The van der Waals surface area contributed by atoms with E-state index >= 15 is 0 Å². The summed E-state index contributed by atoms with van der Waals surface area (Å²) in [5, 5.41) is 12.5. The van der Waals surface area contributed by atoms with Gasteiger partial charge in [-0.25, -0.2) is 4.79 Å². The van der Waals surface area contributed by atoms with Gasteiger partial charge in [0.25, 0.3) is 8.32 Å². The summed E-state index contributed by atoms with van der Waals surface area (Å²) < 4.78 is 12.8. The first-order chi connectivity index (χ1) is 15.0. The quantitative estimate of drug-likeness (QED) is 0.694. The van der Waals surface area contributed by atoms with Gasteiger partial charge in [0.15, 0.2) is 0 Å². The van der Waals surface area contributed by atoms with Gasteiger partial charge in [0.05, 0.1) is 18.8 Å². The number of hydrogen-bond donors (Lipinski definition) is 1. The fourth-order valence-electron chi connectivity index (χ4n) is 4.64. The number of carbonyl (C=O) groups is 1. The molecule has 1 aliphatic rings. The smallest absolute Gasteiger partial charge is 0.410 e. The summed E-state index contributed by atoms with van der Waals surface area (Å²) in [6.45, 7) is 12.6. The number of rotatable bonds is 5. The molecule has 6 heteroatoms. The summed E-state index contributed by atoms with van der Waals surface area (Å²) in [6.07, 6.45) is -0.0153. The van der Waals surface area contributed by atoms with Crippen LogP contribution in [0.25, 0.3) is 0 Å². The molecule has 32 heavy (non-hydrogen) atoms. The molecule has 2 atom stereocenters. The highest BCUT2D eigenvalue weighted by atomic mass is 28.4. The number of benzene rings is 2. The van der Waals surface area contributed by atoms with Gasteiger partial charge < -0.3 is 19.2 Å². The van der Waals surface area contributed by atoms with Gasteiger partial charge in [0.1, 0.15) is 5.60 Å². The lowest BCUT2D eigenvalue weighted by Crippen LogP contribution is -2.68. The Labute approximate surface area is 193 Å². The number of amides is 1. The van der Waals surface area contributed by atoms with Crippen LogP contribution < -0.4 is 10.4 Å². The Balaban J connectivity index is 2.03. The maximum atomic E-state index is 12.8. The molecule has 0 aromatic heterocycles. The van der Waals surface area contributed by atoms with Crippen molar-refractivity contribution in [2.75, 3.05) is 13.2 Å². The Morgan fingerprint density at radius 1 is 0.969 bits per heavy atom. The van der Waals surface area contributed by atoms with E-state index in [1.165, 1.54) is 10.4 Å². The summed E-state index contributed by atoms with van der Waals surface area (Å²) in [4.78, 5) is 14.5. The largest absolute Gasteiger partial charge is 0.444 e. The van der Waals surface area contributed by atoms with Crippen LogP contribution in [0.5, 0.6) is 0 Å². The number of likely N-dealkylation sites (tertiary alicyclic amines) is 1. The zero-order valence-corrected chi connectivity index (χ0v) is 21.2. The summed E-state index contributed by atoms with van der Waals surface area (Å²) in [5.41, 5.74) is -0.589. The molecule has 1 fully saturated rings. The number of ether oxygens (including phenoxy) is 1. The first kappa shape index (κ1) is 24.5. The molecule has 1 saturated heterocycles. The van der Waals surface area contributed by atoms with Crippen molar-refractivity contribution >= 4 is 24.8 Å². The molecular weight excluding hydrogens is 418 g/mol. The van der Waals surface area contributed by atoms with E-state index in [0.29, 0.717) is 13.0 Å². The van der Waals surface area contributed by atoms with E-state index in [-0.39, 0.29) is 17.7 Å². The van der Waals surface area contributed by atoms with E-state index in [1.807, 2.05) is 32.9 Å². The van der Waals surface area contributed by atoms with Gasteiger partial charge in [-0.3, -0.25) is 0 Å². The van der Waals surface area contributed by atoms with Crippen LogP contribution in [-0.2, 0) is 9.16 Å². The third-order valence-electron chi connectivity index (χ3n) is 6.04. The first-order valence-electron chi connectivity index (χ1n) is 11.4. The van der Waals surface area contributed by atoms with E-state index in [0.717, 1.165) is 0 Å². The van der Waals surface area contributed by atoms with Crippen LogP contribution in [0.2, 0.25) is 5.04 Å². The summed E-state index contributed by atoms with van der Waals surface area (Å²) in [5.74, 6) is 0. The molecule has 1 aliphatic heterocycles. The third kappa shape index (κ3) is 4.92. The number of carbonyl (C=O) groups excluding carboxylic acids is 1. The van der Waals surface area contributed by atoms with Crippen molar-refractivity contribution in [1.29, 1.82) is 0 Å². The average molecular weight is 456 g/mol. The van der Waals surface area contributed by atoms with Gasteiger partial charge in [-0.2, -0.15) is 0 Å². The van der Waals surface area contributed by atoms with Crippen LogP contribution in [0.3, 0.4) is 0 Å². The molecule has 0 radical (unpaired) electrons. The van der Waals surface area contributed by atoms with Crippen LogP contribution in [0.15, 0.2) is 60.7 Å². The molecule has 3 rings (SSSR count). The number of nitrogens with zero attached hydrogens (tertiary/aromatic N) is 1. The fourth-order valence-corrected chi connectivity index (χ4v) is 9.39. The van der Waals surface area contributed by atoms with Gasteiger partial charge in [-0.15, -0.1) is 0 Å². The zero-order valence-electron chi connectivity index (χ0n) is 20.2. The van der Waals surface area contributed by atoms with E-state index in [4.69, 9.17) is 9.16 Å². The van der Waals surface area contributed by atoms with E-state index in [9.17, 15) is 9.90 Å². The lowest BCUT2D eigenvalue weighted by atomic mass is 10.2. The minimum atomic E-state index is -2.77. The van der Waals surface area contributed by atoms with Gasteiger partial charge in [0, 0.05) is 6.54 Å². The lowest BCUT2D eigenvalue weighted by Gasteiger charge is -2.45. The SMILES string of the molecule is CC(C)(C)OC(=O)N1CC[C@@H](O[Si](c2ccccc2)(c2ccccc2)C(C)(C)C)[C@H]1CO. The molecule has 2 aromatic rings. The fraction of sp³-hybridized carbons (Fsp3) is 0.500. The Bertz CT molecular complexity index is 850. The van der Waals surface area contributed by atoms with Crippen molar-refractivity contribution in [2.45, 2.75) is 70.7 Å². The Morgan fingerprint density at radius 2 is 1.47 bits per heavy atom. The highest BCUT2D eigenvalue weighted by molar-refractivity contribution is 6.99. The minimum absolute atomic E-state index is 0.165. The number of aliphatic hydroxyl groups is 1. The molecule has 1 amide bonds. The molecule has 174 valence electrons. The monoisotopic (exact) mass is 455 g/mol. The van der Waals surface area contributed by atoms with Gasteiger partial charge in [0.2, 0.25) is 0 Å². The van der Waals surface area contributed by atoms with Crippen LogP contribution >= 0.6 is 0 Å². The van der Waals surface area contributed by atoms with Crippen molar-refractivity contribution in [3.05, 3.63) is 60.7 Å². The van der Waals surface area contributed by atoms with E-state index < -0.39 is 26.1 Å². The molecule has 0 aliphatic carbocycles. The Morgan fingerprint density at radius 3 is 1.88 bits per heavy atom. The second-order valence-corrected chi connectivity index (χ2v) is 14.8. The van der Waals surface area contributed by atoms with Crippen LogP contribution in [0.1, 0.15) is 48.0 Å². The van der Waals surface area contributed by atoms with Crippen molar-refractivity contribution in [3.63, 3.8) is 0 Å². The van der Waals surface area contributed by atoms with Crippen LogP contribution in [0, 0.1) is 0 Å². The zero-order chi connectivity index (χ0) is 23.6. The number of aliphatic hydroxyl groups excluding tert-OH is 1. The van der Waals surface area contributed by atoms with Gasteiger partial charge >= 0.3 is 6.09 Å². The first-order valence-corrected chi connectivity index (χ1v) is 13.3. The lowest BCUT2D eigenvalue weighted by molar-refractivity contribution is 0.00828. The van der Waals surface area contributed by atoms with E-state index in [1.54, 1.807) is 4.90 Å². The normalized spacial score (nSPS) is 19.8. The minimum Gasteiger partial charge on any atom is -0.444 e. The highest BCUT2D eigenvalue weighted by Gasteiger charge is 2.53. The van der Waals surface area contributed by atoms with Crippen molar-refractivity contribution in [2.24, 2.45) is 0 Å². The Hall–Kier alpha value is -2.15. The molecule has 2 aromatic carbocycles. The predicted molar refractivity (Wildman–Crippen MR) is 131 cm³/mol. The summed E-state index contributed by atoms with van der Waals surface area (Å²) >= 11 is 0. The van der Waals surface area contributed by atoms with Crippen molar-refractivity contribution in [1.82, 2.24) is 4.90 Å². The third-order valence-corrected chi connectivity index (χ3v) is 11.1. The molecule has 0 spiro atoms. The molecule has 0 saturated carbocycles. The van der Waals surface area contributed by atoms with Crippen molar-refractivity contribution < 1.29 is 19.1 Å². The van der Waals surface area contributed by atoms with Crippen molar-refractivity contribution in [3.8, 4) is 0 Å². The topological polar surface area (TPSA) is 59.0 Å². The van der Waals surface area contributed by atoms with Gasteiger partial charge in [-0.1, -0.05) is 81.4 Å². The van der Waals surface area contributed by atoms with E-state index in [2.05, 4.69) is 69.3 Å². The highest BCUT2D eigenvalue weighted by Crippen LogP contribution is 2.39. The molecule has 0 unspecified atom stereocenters. The molecular formula is C26H37NO4Si. The number of hydrogen-bond acceptors (Lipinski definition) is 4. The second kappa shape index (κ2) is 9.38. The molecule has 0 bridgehead atoms. The molecule has 5 nitrogen and oxygen atoms in total. The summed E-state index contributed by atoms with van der Waals surface area (Å²) in [6, 6.07) is 20.4. The molecule has 1 heterocycles. The van der Waals surface area contributed by atoms with Crippen LogP contribution in [0.4, 0.5) is 4.79 Å². The molecule has 1 N–H and O–H groups in total. The Kier molecular flexibility index (Phi) is 7.17. The maximum Gasteiger partial charge on any atom is 0.410 e. The van der Waals surface area contributed by atoms with Gasteiger partial charge in [-0.05, 0) is 42.6 Å². The second-order valence-electron chi connectivity index (χ2n) is 10.5. The van der Waals surface area contributed by atoms with Crippen LogP contribution in [-0.4, -0.2) is 55.3 Å². The maximum absolute atomic E-state index is 12.8. The standard InChI is InChI=1S/C26H37NO4Si/c1-25(2,3)30-24(29)27-18-17-23(22(27)19-28)31-32(26(4,5)6,20-13-9-7-10-14-20)21-15-11-8-12-16-21/h7-16,22-23,28H,17-19H2,1-6H3/t22-,23-/m1/s1. The summed E-state index contributed by atoms with van der Waals surface area (Å²) in [7, 11) is -2.77.